The molecule has 2 nitrogen and oxygen atoms in total. The van der Waals surface area contributed by atoms with Crippen LogP contribution in [0.25, 0.3) is 11.3 Å². The second-order valence-corrected chi connectivity index (χ2v) is 5.43. The summed E-state index contributed by atoms with van der Waals surface area (Å²) in [5.41, 5.74) is 4.49. The molecular formula is C19H18FNO. The van der Waals surface area contributed by atoms with Crippen molar-refractivity contribution < 1.29 is 8.81 Å². The SMILES string of the molecule is Cc1ccc(NCc2ccc(-c3ccc(F)cc3)o2)cc1C. The van der Waals surface area contributed by atoms with Crippen molar-refractivity contribution in [1.82, 2.24) is 0 Å². The first kappa shape index (κ1) is 14.4. The lowest BCUT2D eigenvalue weighted by atomic mass is 10.1. The Hall–Kier alpha value is -2.55. The van der Waals surface area contributed by atoms with Crippen molar-refractivity contribution in [2.45, 2.75) is 20.4 Å². The Kier molecular flexibility index (Phi) is 3.96. The van der Waals surface area contributed by atoms with Gasteiger partial charge in [-0.1, -0.05) is 6.07 Å². The lowest BCUT2D eigenvalue weighted by Crippen LogP contribution is -1.98. The van der Waals surface area contributed by atoms with Crippen molar-refractivity contribution in [3.8, 4) is 11.3 Å². The molecule has 1 heterocycles. The number of benzene rings is 2. The van der Waals surface area contributed by atoms with Crippen molar-refractivity contribution in [3.05, 3.63) is 77.3 Å². The normalized spacial score (nSPS) is 10.7. The minimum Gasteiger partial charge on any atom is -0.459 e. The monoisotopic (exact) mass is 295 g/mol. The highest BCUT2D eigenvalue weighted by Crippen LogP contribution is 2.23. The second kappa shape index (κ2) is 6.06. The standard InChI is InChI=1S/C19H18FNO/c1-13-3-8-17(11-14(13)2)21-12-18-9-10-19(22-18)15-4-6-16(20)7-5-15/h3-11,21H,12H2,1-2H3. The first-order chi connectivity index (χ1) is 10.6. The predicted molar refractivity (Wildman–Crippen MR) is 87.3 cm³/mol. The van der Waals surface area contributed by atoms with Gasteiger partial charge in [0, 0.05) is 11.3 Å². The fourth-order valence-electron chi connectivity index (χ4n) is 2.28. The van der Waals surface area contributed by atoms with Crippen LogP contribution in [0, 0.1) is 19.7 Å². The number of hydrogen-bond donors (Lipinski definition) is 1. The molecule has 0 bridgehead atoms. The summed E-state index contributed by atoms with van der Waals surface area (Å²) < 4.78 is 18.7. The summed E-state index contributed by atoms with van der Waals surface area (Å²) in [5.74, 6) is 1.35. The maximum Gasteiger partial charge on any atom is 0.134 e. The Labute approximate surface area is 129 Å². The molecular weight excluding hydrogens is 277 g/mol. The minimum absolute atomic E-state index is 0.244. The van der Waals surface area contributed by atoms with Crippen LogP contribution in [-0.2, 0) is 6.54 Å². The number of anilines is 1. The first-order valence-electron chi connectivity index (χ1n) is 7.27. The molecule has 0 saturated heterocycles. The Bertz CT molecular complexity index is 774. The van der Waals surface area contributed by atoms with Crippen LogP contribution in [0.1, 0.15) is 16.9 Å². The third-order valence-electron chi connectivity index (χ3n) is 3.76. The molecule has 0 unspecified atom stereocenters. The fourth-order valence-corrected chi connectivity index (χ4v) is 2.28. The van der Waals surface area contributed by atoms with Gasteiger partial charge in [0.2, 0.25) is 0 Å². The molecule has 0 aliphatic heterocycles. The van der Waals surface area contributed by atoms with Crippen LogP contribution < -0.4 is 5.32 Å². The zero-order valence-corrected chi connectivity index (χ0v) is 12.7. The van der Waals surface area contributed by atoms with E-state index in [9.17, 15) is 4.39 Å². The molecule has 0 radical (unpaired) electrons. The topological polar surface area (TPSA) is 25.2 Å². The number of halogens is 1. The lowest BCUT2D eigenvalue weighted by molar-refractivity contribution is 0.531. The van der Waals surface area contributed by atoms with Crippen LogP contribution >= 0.6 is 0 Å². The van der Waals surface area contributed by atoms with Crippen molar-refractivity contribution in [2.75, 3.05) is 5.32 Å². The van der Waals surface area contributed by atoms with Gasteiger partial charge in [-0.2, -0.15) is 0 Å². The van der Waals surface area contributed by atoms with E-state index in [1.54, 1.807) is 12.1 Å². The third kappa shape index (κ3) is 3.19. The quantitative estimate of drug-likeness (QED) is 0.705. The Balaban J connectivity index is 1.69. The molecule has 0 atom stereocenters. The number of hydrogen-bond acceptors (Lipinski definition) is 2. The molecule has 1 N–H and O–H groups in total. The van der Waals surface area contributed by atoms with E-state index in [1.165, 1.54) is 23.3 Å². The van der Waals surface area contributed by atoms with E-state index in [4.69, 9.17) is 4.42 Å². The van der Waals surface area contributed by atoms with Gasteiger partial charge in [0.05, 0.1) is 6.54 Å². The van der Waals surface area contributed by atoms with Crippen molar-refractivity contribution in [2.24, 2.45) is 0 Å². The third-order valence-corrected chi connectivity index (χ3v) is 3.76. The summed E-state index contributed by atoms with van der Waals surface area (Å²) in [4.78, 5) is 0. The van der Waals surface area contributed by atoms with Gasteiger partial charge in [-0.15, -0.1) is 0 Å². The molecule has 22 heavy (non-hydrogen) atoms. The van der Waals surface area contributed by atoms with Gasteiger partial charge in [-0.05, 0) is 73.5 Å². The van der Waals surface area contributed by atoms with E-state index in [2.05, 4.69) is 37.4 Å². The van der Waals surface area contributed by atoms with Gasteiger partial charge in [-0.3, -0.25) is 0 Å². The first-order valence-corrected chi connectivity index (χ1v) is 7.27. The highest BCUT2D eigenvalue weighted by molar-refractivity contribution is 5.57. The highest BCUT2D eigenvalue weighted by Gasteiger charge is 2.05. The highest BCUT2D eigenvalue weighted by atomic mass is 19.1. The van der Waals surface area contributed by atoms with Crippen LogP contribution in [0.4, 0.5) is 10.1 Å². The molecule has 3 heteroatoms. The maximum atomic E-state index is 12.9. The summed E-state index contributed by atoms with van der Waals surface area (Å²) in [5, 5.41) is 3.35. The summed E-state index contributed by atoms with van der Waals surface area (Å²) in [7, 11) is 0. The van der Waals surface area contributed by atoms with E-state index in [1.807, 2.05) is 12.1 Å². The molecule has 3 rings (SSSR count). The Morgan fingerprint density at radius 3 is 2.41 bits per heavy atom. The average molecular weight is 295 g/mol. The van der Waals surface area contributed by atoms with E-state index in [-0.39, 0.29) is 5.82 Å². The molecule has 0 amide bonds. The smallest absolute Gasteiger partial charge is 0.134 e. The van der Waals surface area contributed by atoms with Gasteiger partial charge in [0.15, 0.2) is 0 Å². The van der Waals surface area contributed by atoms with E-state index in [0.717, 1.165) is 22.8 Å². The van der Waals surface area contributed by atoms with E-state index in [0.29, 0.717) is 6.54 Å². The van der Waals surface area contributed by atoms with Crippen molar-refractivity contribution >= 4 is 5.69 Å². The largest absolute Gasteiger partial charge is 0.459 e. The molecule has 3 aromatic rings. The number of aryl methyl sites for hydroxylation is 2. The zero-order chi connectivity index (χ0) is 15.5. The fraction of sp³-hybridized carbons (Fsp3) is 0.158. The van der Waals surface area contributed by atoms with Crippen LogP contribution in [0.15, 0.2) is 59.0 Å². The molecule has 0 spiro atoms. The second-order valence-electron chi connectivity index (χ2n) is 5.43. The minimum atomic E-state index is -0.244. The number of nitrogens with one attached hydrogen (secondary N) is 1. The predicted octanol–water partition coefficient (Wildman–Crippen LogP) is 5.31. The van der Waals surface area contributed by atoms with Crippen LogP contribution in [0.3, 0.4) is 0 Å². The molecule has 0 aliphatic rings. The van der Waals surface area contributed by atoms with Gasteiger partial charge < -0.3 is 9.73 Å². The molecule has 112 valence electrons. The maximum absolute atomic E-state index is 12.9. The number of rotatable bonds is 4. The Morgan fingerprint density at radius 2 is 1.68 bits per heavy atom. The summed E-state index contributed by atoms with van der Waals surface area (Å²) in [6, 6.07) is 16.4. The van der Waals surface area contributed by atoms with Gasteiger partial charge in [-0.25, -0.2) is 4.39 Å². The van der Waals surface area contributed by atoms with Crippen molar-refractivity contribution in [3.63, 3.8) is 0 Å². The van der Waals surface area contributed by atoms with Crippen LogP contribution in [-0.4, -0.2) is 0 Å². The van der Waals surface area contributed by atoms with Crippen LogP contribution in [0.2, 0.25) is 0 Å². The van der Waals surface area contributed by atoms with Gasteiger partial charge >= 0.3 is 0 Å². The molecule has 0 fully saturated rings. The summed E-state index contributed by atoms with van der Waals surface area (Å²) >= 11 is 0. The Morgan fingerprint density at radius 1 is 0.909 bits per heavy atom. The molecule has 0 saturated carbocycles. The van der Waals surface area contributed by atoms with E-state index >= 15 is 0 Å². The van der Waals surface area contributed by atoms with Gasteiger partial charge in [0.1, 0.15) is 17.3 Å². The van der Waals surface area contributed by atoms with Gasteiger partial charge in [0.25, 0.3) is 0 Å². The number of furan rings is 1. The van der Waals surface area contributed by atoms with E-state index < -0.39 is 0 Å². The lowest BCUT2D eigenvalue weighted by Gasteiger charge is -2.07. The molecule has 0 aliphatic carbocycles. The molecule has 1 aromatic heterocycles. The summed E-state index contributed by atoms with van der Waals surface area (Å²) in [6.45, 7) is 4.81. The molecule has 2 aromatic carbocycles. The zero-order valence-electron chi connectivity index (χ0n) is 12.7. The average Bonchev–Trinajstić information content (AvgIpc) is 2.98. The van der Waals surface area contributed by atoms with Crippen LogP contribution in [0.5, 0.6) is 0 Å². The van der Waals surface area contributed by atoms with Crippen molar-refractivity contribution in [1.29, 1.82) is 0 Å². The summed E-state index contributed by atoms with van der Waals surface area (Å²) in [6.07, 6.45) is 0.